The largest absolute Gasteiger partial charge is 0.261 e. The maximum atomic E-state index is 8.27. The first-order valence-corrected chi connectivity index (χ1v) is 5.34. The van der Waals surface area contributed by atoms with Gasteiger partial charge in [-0.25, -0.2) is 0 Å². The average molecular weight is 210 g/mol. The summed E-state index contributed by atoms with van der Waals surface area (Å²) in [6, 6.07) is 19.4. The SMILES string of the molecule is [2H]C(C)(C=Nc1ccccc1)c1ccccc1. The van der Waals surface area contributed by atoms with Crippen molar-refractivity contribution in [2.45, 2.75) is 12.8 Å². The minimum atomic E-state index is -0.795. The number of hydrogen-bond donors (Lipinski definition) is 0. The summed E-state index contributed by atoms with van der Waals surface area (Å²) in [7, 11) is 0. The standard InChI is InChI=1S/C15H15N/c1-13(14-8-4-2-5-9-14)12-16-15-10-6-3-7-11-15/h2-13H,1H3/i13D. The van der Waals surface area contributed by atoms with Gasteiger partial charge < -0.3 is 0 Å². The number of nitrogens with zero attached hydrogens (tertiary/aromatic N) is 1. The normalized spacial score (nSPS) is 15.7. The van der Waals surface area contributed by atoms with Crippen molar-refractivity contribution in [2.75, 3.05) is 0 Å². The third-order valence-electron chi connectivity index (χ3n) is 2.39. The molecule has 2 rings (SSSR count). The van der Waals surface area contributed by atoms with Gasteiger partial charge in [0.1, 0.15) is 0 Å². The van der Waals surface area contributed by atoms with Gasteiger partial charge in [0.05, 0.1) is 5.69 Å². The zero-order chi connectivity index (χ0) is 12.1. The van der Waals surface area contributed by atoms with Crippen LogP contribution in [-0.2, 0) is 0 Å². The van der Waals surface area contributed by atoms with Crippen LogP contribution < -0.4 is 0 Å². The molecule has 2 aromatic rings. The summed E-state index contributed by atoms with van der Waals surface area (Å²) in [5, 5.41) is 0. The van der Waals surface area contributed by atoms with Crippen LogP contribution in [0.4, 0.5) is 5.69 Å². The maximum absolute atomic E-state index is 8.27. The van der Waals surface area contributed by atoms with E-state index in [1.165, 1.54) is 0 Å². The Labute approximate surface area is 97.9 Å². The summed E-state index contributed by atoms with van der Waals surface area (Å²) in [5.74, 6) is -0.795. The van der Waals surface area contributed by atoms with E-state index in [9.17, 15) is 0 Å². The summed E-state index contributed by atoms with van der Waals surface area (Å²) in [5.41, 5.74) is 1.82. The number of aliphatic imine (C=N–C) groups is 1. The highest BCUT2D eigenvalue weighted by atomic mass is 14.7. The predicted octanol–water partition coefficient (Wildman–Crippen LogP) is 4.19. The topological polar surface area (TPSA) is 12.4 Å². The summed E-state index contributed by atoms with van der Waals surface area (Å²) in [4.78, 5) is 4.34. The maximum Gasteiger partial charge on any atom is 0.0625 e. The Kier molecular flexibility index (Phi) is 3.07. The minimum absolute atomic E-state index is 0.795. The lowest BCUT2D eigenvalue weighted by molar-refractivity contribution is 1.04. The van der Waals surface area contributed by atoms with E-state index < -0.39 is 5.89 Å². The summed E-state index contributed by atoms with van der Waals surface area (Å²) < 4.78 is 8.27. The smallest absolute Gasteiger partial charge is 0.0625 e. The van der Waals surface area contributed by atoms with E-state index in [1.54, 1.807) is 6.21 Å². The Hall–Kier alpha value is -1.89. The second-order valence-electron chi connectivity index (χ2n) is 3.64. The van der Waals surface area contributed by atoms with Crippen LogP contribution in [0.5, 0.6) is 0 Å². The summed E-state index contributed by atoms with van der Waals surface area (Å²) >= 11 is 0. The molecule has 0 bridgehead atoms. The first-order chi connectivity index (χ1) is 8.18. The summed E-state index contributed by atoms with van der Waals surface area (Å²) in [6.45, 7) is 1.84. The molecule has 0 aliphatic heterocycles. The Balaban J connectivity index is 2.21. The Morgan fingerprint density at radius 1 is 1.00 bits per heavy atom. The molecule has 1 atom stereocenters. The molecule has 0 amide bonds. The number of benzene rings is 2. The van der Waals surface area contributed by atoms with Gasteiger partial charge in [-0.15, -0.1) is 0 Å². The first kappa shape index (κ1) is 9.34. The molecule has 0 radical (unpaired) electrons. The fourth-order valence-electron chi connectivity index (χ4n) is 1.46. The minimum Gasteiger partial charge on any atom is -0.261 e. The van der Waals surface area contributed by atoms with Crippen LogP contribution in [0, 0.1) is 0 Å². The van der Waals surface area contributed by atoms with Crippen molar-refractivity contribution in [3.05, 3.63) is 66.2 Å². The van der Waals surface area contributed by atoms with Gasteiger partial charge in [-0.1, -0.05) is 55.5 Å². The van der Waals surface area contributed by atoms with Gasteiger partial charge >= 0.3 is 0 Å². The second-order valence-corrected chi connectivity index (χ2v) is 3.64. The van der Waals surface area contributed by atoms with E-state index in [-0.39, 0.29) is 0 Å². The Morgan fingerprint density at radius 3 is 2.19 bits per heavy atom. The zero-order valence-corrected chi connectivity index (χ0v) is 9.30. The van der Waals surface area contributed by atoms with Crippen LogP contribution in [0.3, 0.4) is 0 Å². The molecule has 1 unspecified atom stereocenters. The van der Waals surface area contributed by atoms with E-state index in [0.717, 1.165) is 11.3 Å². The van der Waals surface area contributed by atoms with E-state index in [1.807, 2.05) is 67.6 Å². The van der Waals surface area contributed by atoms with Crippen LogP contribution in [0.15, 0.2) is 65.7 Å². The monoisotopic (exact) mass is 210 g/mol. The molecule has 0 aliphatic rings. The van der Waals surface area contributed by atoms with E-state index in [0.29, 0.717) is 0 Å². The van der Waals surface area contributed by atoms with Gasteiger partial charge in [-0.2, -0.15) is 0 Å². The molecule has 0 heterocycles. The van der Waals surface area contributed by atoms with Crippen LogP contribution in [0.25, 0.3) is 0 Å². The Morgan fingerprint density at radius 2 is 1.56 bits per heavy atom. The molecule has 0 spiro atoms. The zero-order valence-electron chi connectivity index (χ0n) is 10.3. The van der Waals surface area contributed by atoms with Gasteiger partial charge in [-0.3, -0.25) is 4.99 Å². The van der Waals surface area contributed by atoms with E-state index in [2.05, 4.69) is 4.99 Å². The molecular formula is C15H15N. The molecule has 0 aromatic heterocycles. The molecule has 1 nitrogen and oxygen atoms in total. The lowest BCUT2D eigenvalue weighted by Gasteiger charge is -2.04. The molecule has 1 heteroatoms. The third kappa shape index (κ3) is 2.80. The molecule has 2 aromatic carbocycles. The number of para-hydroxylation sites is 1. The van der Waals surface area contributed by atoms with E-state index in [4.69, 9.17) is 1.37 Å². The molecule has 80 valence electrons. The highest BCUT2D eigenvalue weighted by Crippen LogP contribution is 2.15. The Bertz CT molecular complexity index is 489. The lowest BCUT2D eigenvalue weighted by Crippen LogP contribution is -1.93. The molecule has 0 N–H and O–H groups in total. The second kappa shape index (κ2) is 5.26. The van der Waals surface area contributed by atoms with Crippen molar-refractivity contribution in [1.82, 2.24) is 0 Å². The molecule has 0 aliphatic carbocycles. The van der Waals surface area contributed by atoms with Gasteiger partial charge in [-0.05, 0) is 17.7 Å². The highest BCUT2D eigenvalue weighted by Gasteiger charge is 1.99. The van der Waals surface area contributed by atoms with Crippen LogP contribution in [0.2, 0.25) is 0 Å². The summed E-state index contributed by atoms with van der Waals surface area (Å²) in [6.07, 6.45) is 1.68. The van der Waals surface area contributed by atoms with Crippen LogP contribution in [0.1, 0.15) is 19.8 Å². The molecule has 16 heavy (non-hydrogen) atoms. The molecule has 0 saturated heterocycles. The van der Waals surface area contributed by atoms with Crippen molar-refractivity contribution in [3.63, 3.8) is 0 Å². The first-order valence-electron chi connectivity index (χ1n) is 5.84. The van der Waals surface area contributed by atoms with Crippen molar-refractivity contribution in [3.8, 4) is 0 Å². The van der Waals surface area contributed by atoms with Gasteiger partial charge in [0.25, 0.3) is 0 Å². The van der Waals surface area contributed by atoms with Crippen molar-refractivity contribution >= 4 is 11.9 Å². The van der Waals surface area contributed by atoms with Crippen LogP contribution in [-0.4, -0.2) is 6.21 Å². The number of hydrogen-bond acceptors (Lipinski definition) is 1. The lowest BCUT2D eigenvalue weighted by atomic mass is 10.0. The van der Waals surface area contributed by atoms with Crippen molar-refractivity contribution in [1.29, 1.82) is 0 Å². The fraction of sp³-hybridized carbons (Fsp3) is 0.133. The quantitative estimate of drug-likeness (QED) is 0.673. The van der Waals surface area contributed by atoms with Gasteiger partial charge in [0, 0.05) is 13.5 Å². The number of rotatable bonds is 3. The molecule has 0 fully saturated rings. The van der Waals surface area contributed by atoms with Gasteiger partial charge in [0.15, 0.2) is 0 Å². The molecular weight excluding hydrogens is 194 g/mol. The third-order valence-corrected chi connectivity index (χ3v) is 2.39. The van der Waals surface area contributed by atoms with E-state index >= 15 is 0 Å². The fourth-order valence-corrected chi connectivity index (χ4v) is 1.46. The van der Waals surface area contributed by atoms with Crippen molar-refractivity contribution < 1.29 is 1.37 Å². The average Bonchev–Trinajstić information content (AvgIpc) is 2.39. The predicted molar refractivity (Wildman–Crippen MR) is 69.5 cm³/mol. The molecule has 0 saturated carbocycles. The van der Waals surface area contributed by atoms with Crippen molar-refractivity contribution in [2.24, 2.45) is 4.99 Å². The highest BCUT2D eigenvalue weighted by molar-refractivity contribution is 5.70. The van der Waals surface area contributed by atoms with Crippen LogP contribution >= 0.6 is 0 Å². The van der Waals surface area contributed by atoms with Gasteiger partial charge in [0.2, 0.25) is 0 Å².